The van der Waals surface area contributed by atoms with E-state index in [4.69, 9.17) is 9.26 Å². The lowest BCUT2D eigenvalue weighted by Gasteiger charge is -2.02. The molecule has 3 aromatic heterocycles. The van der Waals surface area contributed by atoms with Crippen LogP contribution in [0.25, 0.3) is 10.1 Å². The predicted molar refractivity (Wildman–Crippen MR) is 72.4 cm³/mol. The van der Waals surface area contributed by atoms with Gasteiger partial charge in [0.15, 0.2) is 5.76 Å². The summed E-state index contributed by atoms with van der Waals surface area (Å²) in [5.41, 5.74) is 0.707. The average molecular weight is 276 g/mol. The van der Waals surface area contributed by atoms with Gasteiger partial charge in [0.1, 0.15) is 12.3 Å². The Labute approximate surface area is 113 Å². The van der Waals surface area contributed by atoms with Gasteiger partial charge in [-0.25, -0.2) is 0 Å². The van der Waals surface area contributed by atoms with Crippen LogP contribution >= 0.6 is 11.3 Å². The van der Waals surface area contributed by atoms with E-state index in [1.807, 2.05) is 17.5 Å². The van der Waals surface area contributed by atoms with Crippen molar-refractivity contribution in [2.24, 2.45) is 0 Å². The van der Waals surface area contributed by atoms with Gasteiger partial charge >= 0.3 is 0 Å². The molecule has 0 aliphatic heterocycles. The first-order chi connectivity index (χ1) is 9.28. The van der Waals surface area contributed by atoms with Gasteiger partial charge in [0, 0.05) is 24.1 Å². The Bertz CT molecular complexity index is 756. The number of ether oxygens (including phenoxy) is 1. The minimum atomic E-state index is -0.00459. The second kappa shape index (κ2) is 4.99. The van der Waals surface area contributed by atoms with Crippen LogP contribution < -0.4 is 5.56 Å². The van der Waals surface area contributed by atoms with Gasteiger partial charge in [-0.1, -0.05) is 5.16 Å². The summed E-state index contributed by atoms with van der Waals surface area (Å²) >= 11 is 1.56. The standard InChI is InChI=1S/C13H12N2O3S/c1-17-8-10-6-9(14-18-10)7-15-4-2-12-11(13(15)16)3-5-19-12/h2-6H,7-8H2,1H3. The molecule has 98 valence electrons. The molecule has 3 aromatic rings. The van der Waals surface area contributed by atoms with Crippen molar-refractivity contribution in [2.45, 2.75) is 13.2 Å². The Morgan fingerprint density at radius 2 is 2.37 bits per heavy atom. The number of fused-ring (bicyclic) bond motifs is 1. The van der Waals surface area contributed by atoms with Gasteiger partial charge in [-0.3, -0.25) is 4.79 Å². The molecule has 19 heavy (non-hydrogen) atoms. The number of pyridine rings is 1. The highest BCUT2D eigenvalue weighted by Gasteiger charge is 2.08. The Morgan fingerprint density at radius 3 is 3.21 bits per heavy atom. The summed E-state index contributed by atoms with van der Waals surface area (Å²) in [6.45, 7) is 0.781. The first-order valence-corrected chi connectivity index (χ1v) is 6.66. The van der Waals surface area contributed by atoms with Crippen molar-refractivity contribution in [1.29, 1.82) is 0 Å². The van der Waals surface area contributed by atoms with Crippen LogP contribution in [0.1, 0.15) is 11.5 Å². The molecule has 0 atom stereocenters. The van der Waals surface area contributed by atoms with E-state index in [1.54, 1.807) is 35.3 Å². The molecule has 0 aliphatic carbocycles. The first-order valence-electron chi connectivity index (χ1n) is 5.78. The van der Waals surface area contributed by atoms with Gasteiger partial charge in [0.2, 0.25) is 0 Å². The predicted octanol–water partition coefficient (Wildman–Crippen LogP) is 2.25. The van der Waals surface area contributed by atoms with Crippen molar-refractivity contribution >= 4 is 21.4 Å². The van der Waals surface area contributed by atoms with E-state index in [0.717, 1.165) is 10.1 Å². The minimum absolute atomic E-state index is 0.00459. The summed E-state index contributed by atoms with van der Waals surface area (Å²) in [6, 6.07) is 5.59. The average Bonchev–Trinajstić information content (AvgIpc) is 3.03. The van der Waals surface area contributed by atoms with E-state index < -0.39 is 0 Å². The first kappa shape index (κ1) is 12.1. The molecule has 3 heterocycles. The zero-order valence-electron chi connectivity index (χ0n) is 10.3. The van der Waals surface area contributed by atoms with Crippen LogP contribution in [0.4, 0.5) is 0 Å². The molecule has 0 unspecified atom stereocenters. The summed E-state index contributed by atoms with van der Waals surface area (Å²) in [5, 5.41) is 6.59. The molecule has 0 N–H and O–H groups in total. The zero-order chi connectivity index (χ0) is 13.2. The van der Waals surface area contributed by atoms with Crippen LogP contribution in [0.5, 0.6) is 0 Å². The van der Waals surface area contributed by atoms with E-state index in [1.165, 1.54) is 0 Å². The summed E-state index contributed by atoms with van der Waals surface area (Å²) in [5.74, 6) is 0.655. The van der Waals surface area contributed by atoms with E-state index in [9.17, 15) is 4.79 Å². The maximum atomic E-state index is 12.2. The van der Waals surface area contributed by atoms with Gasteiger partial charge in [-0.15, -0.1) is 11.3 Å². The highest BCUT2D eigenvalue weighted by atomic mass is 32.1. The molecule has 0 radical (unpaired) electrons. The zero-order valence-corrected chi connectivity index (χ0v) is 11.1. The Balaban J connectivity index is 1.91. The van der Waals surface area contributed by atoms with Gasteiger partial charge < -0.3 is 13.8 Å². The fourth-order valence-corrected chi connectivity index (χ4v) is 2.72. The normalized spacial score (nSPS) is 11.2. The monoisotopic (exact) mass is 276 g/mol. The molecule has 0 saturated heterocycles. The van der Waals surface area contributed by atoms with Crippen LogP contribution in [0.15, 0.2) is 39.1 Å². The fraction of sp³-hybridized carbons (Fsp3) is 0.231. The lowest BCUT2D eigenvalue weighted by Crippen LogP contribution is -2.19. The highest BCUT2D eigenvalue weighted by molar-refractivity contribution is 7.17. The van der Waals surface area contributed by atoms with E-state index in [-0.39, 0.29) is 5.56 Å². The third-order valence-electron chi connectivity index (χ3n) is 2.82. The molecule has 0 amide bonds. The maximum Gasteiger partial charge on any atom is 0.259 e. The number of thiophene rings is 1. The van der Waals surface area contributed by atoms with E-state index >= 15 is 0 Å². The fourth-order valence-electron chi connectivity index (χ4n) is 1.95. The Hall–Kier alpha value is -1.92. The van der Waals surface area contributed by atoms with Crippen molar-refractivity contribution in [3.63, 3.8) is 0 Å². The number of rotatable bonds is 4. The van der Waals surface area contributed by atoms with Crippen LogP contribution in [-0.2, 0) is 17.9 Å². The van der Waals surface area contributed by atoms with Crippen molar-refractivity contribution in [3.8, 4) is 0 Å². The molecular weight excluding hydrogens is 264 g/mol. The minimum Gasteiger partial charge on any atom is -0.377 e. The number of methoxy groups -OCH3 is 1. The second-order valence-electron chi connectivity index (χ2n) is 4.16. The third-order valence-corrected chi connectivity index (χ3v) is 3.70. The van der Waals surface area contributed by atoms with Crippen LogP contribution in [0, 0.1) is 0 Å². The highest BCUT2D eigenvalue weighted by Crippen LogP contribution is 2.16. The largest absolute Gasteiger partial charge is 0.377 e. The van der Waals surface area contributed by atoms with Crippen LogP contribution in [-0.4, -0.2) is 16.8 Å². The van der Waals surface area contributed by atoms with Gasteiger partial charge in [-0.05, 0) is 17.5 Å². The van der Waals surface area contributed by atoms with Crippen LogP contribution in [0.2, 0.25) is 0 Å². The number of hydrogen-bond donors (Lipinski definition) is 0. The maximum absolute atomic E-state index is 12.2. The molecule has 5 nitrogen and oxygen atoms in total. The lowest BCUT2D eigenvalue weighted by atomic mass is 10.3. The van der Waals surface area contributed by atoms with Crippen molar-refractivity contribution in [1.82, 2.24) is 9.72 Å². The molecule has 0 aliphatic rings. The van der Waals surface area contributed by atoms with Crippen molar-refractivity contribution in [3.05, 3.63) is 51.6 Å². The summed E-state index contributed by atoms with van der Waals surface area (Å²) in [4.78, 5) is 12.2. The molecule has 3 rings (SSSR count). The molecule has 0 aromatic carbocycles. The quantitative estimate of drug-likeness (QED) is 0.733. The molecule has 6 heteroatoms. The lowest BCUT2D eigenvalue weighted by molar-refractivity contribution is 0.155. The van der Waals surface area contributed by atoms with Crippen LogP contribution in [0.3, 0.4) is 0 Å². The van der Waals surface area contributed by atoms with Crippen molar-refractivity contribution < 1.29 is 9.26 Å². The summed E-state index contributed by atoms with van der Waals surface area (Å²) in [6.07, 6.45) is 1.78. The smallest absolute Gasteiger partial charge is 0.259 e. The third kappa shape index (κ3) is 2.32. The van der Waals surface area contributed by atoms with Gasteiger partial charge in [-0.2, -0.15) is 0 Å². The number of nitrogens with zero attached hydrogens (tertiary/aromatic N) is 2. The SMILES string of the molecule is COCc1cc(Cn2ccc3sccc3c2=O)no1. The molecular formula is C13H12N2O3S. The van der Waals surface area contributed by atoms with Crippen molar-refractivity contribution in [2.75, 3.05) is 7.11 Å². The number of hydrogen-bond acceptors (Lipinski definition) is 5. The van der Waals surface area contributed by atoms with Gasteiger partial charge in [0.05, 0.1) is 11.9 Å². The summed E-state index contributed by atoms with van der Waals surface area (Å²) < 4.78 is 12.7. The second-order valence-corrected chi connectivity index (χ2v) is 5.11. The van der Waals surface area contributed by atoms with Gasteiger partial charge in [0.25, 0.3) is 5.56 Å². The molecule has 0 fully saturated rings. The Kier molecular flexibility index (Phi) is 3.18. The number of aromatic nitrogens is 2. The molecule has 0 bridgehead atoms. The topological polar surface area (TPSA) is 57.3 Å². The molecule has 0 saturated carbocycles. The van der Waals surface area contributed by atoms with E-state index in [0.29, 0.717) is 24.6 Å². The summed E-state index contributed by atoms with van der Waals surface area (Å²) in [7, 11) is 1.59. The molecule has 0 spiro atoms. The van der Waals surface area contributed by atoms with E-state index in [2.05, 4.69) is 5.16 Å². The Morgan fingerprint density at radius 1 is 1.47 bits per heavy atom.